The standard InChI is InChI=1S/C26H31N3O3/c1-16-13-14-20(17(2)15-16)27-24(30)22-23-19-11-7-8-12-21(19)32-26(22,3)29(25(31)28-23)18-9-5-4-6-10-18/h7-8,11-15,18,22-23H,4-6,9-10H2,1-3H3,(H,27,30)(H,28,31)/t22-,23+,26+/m1/s1. The Hall–Kier alpha value is -3.02. The minimum Gasteiger partial charge on any atom is -0.467 e. The van der Waals surface area contributed by atoms with Gasteiger partial charge in [0.1, 0.15) is 11.7 Å². The van der Waals surface area contributed by atoms with Crippen LogP contribution in [0.4, 0.5) is 10.5 Å². The van der Waals surface area contributed by atoms with Crippen LogP contribution in [0.2, 0.25) is 0 Å². The summed E-state index contributed by atoms with van der Waals surface area (Å²) in [6.07, 6.45) is 5.23. The maximum absolute atomic E-state index is 13.8. The van der Waals surface area contributed by atoms with Crippen LogP contribution in [0, 0.1) is 19.8 Å². The summed E-state index contributed by atoms with van der Waals surface area (Å²) in [5.74, 6) is 0.00821. The number of fused-ring (bicyclic) bond motifs is 4. The number of carbonyl (C=O) groups excluding carboxylic acids is 2. The van der Waals surface area contributed by atoms with Crippen LogP contribution < -0.4 is 15.4 Å². The second-order valence-corrected chi connectivity index (χ2v) is 9.57. The molecule has 0 unspecified atom stereocenters. The average molecular weight is 434 g/mol. The molecule has 32 heavy (non-hydrogen) atoms. The molecule has 2 heterocycles. The van der Waals surface area contributed by atoms with E-state index in [0.717, 1.165) is 53.8 Å². The normalized spacial score (nSPS) is 27.2. The first-order valence-electron chi connectivity index (χ1n) is 11.6. The first-order chi connectivity index (χ1) is 15.4. The van der Waals surface area contributed by atoms with Gasteiger partial charge >= 0.3 is 6.03 Å². The van der Waals surface area contributed by atoms with E-state index in [9.17, 15) is 9.59 Å². The molecule has 6 nitrogen and oxygen atoms in total. The lowest BCUT2D eigenvalue weighted by Crippen LogP contribution is -2.73. The Labute approximate surface area is 189 Å². The predicted molar refractivity (Wildman–Crippen MR) is 123 cm³/mol. The molecule has 0 spiro atoms. The van der Waals surface area contributed by atoms with Crippen molar-refractivity contribution in [2.24, 2.45) is 5.92 Å². The summed E-state index contributed by atoms with van der Waals surface area (Å²) in [7, 11) is 0. The number of ether oxygens (including phenoxy) is 1. The minimum atomic E-state index is -1.06. The molecule has 3 amide bonds. The fourth-order valence-corrected chi connectivity index (χ4v) is 5.80. The third kappa shape index (κ3) is 3.33. The largest absolute Gasteiger partial charge is 0.467 e. The van der Waals surface area contributed by atoms with Crippen LogP contribution in [0.1, 0.15) is 61.8 Å². The van der Waals surface area contributed by atoms with E-state index in [1.54, 1.807) is 0 Å². The maximum atomic E-state index is 13.8. The lowest BCUT2D eigenvalue weighted by Gasteiger charge is -2.57. The van der Waals surface area contributed by atoms with Crippen molar-refractivity contribution in [3.8, 4) is 5.75 Å². The highest BCUT2D eigenvalue weighted by atomic mass is 16.5. The Morgan fingerprint density at radius 3 is 2.62 bits per heavy atom. The average Bonchev–Trinajstić information content (AvgIpc) is 2.75. The van der Waals surface area contributed by atoms with E-state index in [4.69, 9.17) is 4.74 Å². The number of hydrogen-bond donors (Lipinski definition) is 2. The first kappa shape index (κ1) is 20.9. The molecule has 6 heteroatoms. The zero-order valence-corrected chi connectivity index (χ0v) is 19.0. The first-order valence-corrected chi connectivity index (χ1v) is 11.6. The number of carbonyl (C=O) groups is 2. The van der Waals surface area contributed by atoms with Crippen molar-refractivity contribution >= 4 is 17.6 Å². The van der Waals surface area contributed by atoms with Crippen molar-refractivity contribution in [2.75, 3.05) is 5.32 Å². The molecule has 2 bridgehead atoms. The molecule has 1 saturated heterocycles. The molecule has 3 atom stereocenters. The molecule has 0 radical (unpaired) electrons. The number of nitrogens with one attached hydrogen (secondary N) is 2. The molecule has 2 aliphatic heterocycles. The second kappa shape index (κ2) is 7.84. The highest BCUT2D eigenvalue weighted by Gasteiger charge is 2.61. The summed E-state index contributed by atoms with van der Waals surface area (Å²) in [5, 5.41) is 6.30. The Morgan fingerprint density at radius 2 is 1.88 bits per heavy atom. The van der Waals surface area contributed by atoms with Gasteiger partial charge in [-0.3, -0.25) is 9.69 Å². The topological polar surface area (TPSA) is 70.7 Å². The van der Waals surface area contributed by atoms with E-state index in [2.05, 4.69) is 16.7 Å². The van der Waals surface area contributed by atoms with Crippen molar-refractivity contribution in [2.45, 2.75) is 70.7 Å². The molecule has 2 aromatic carbocycles. The lowest BCUT2D eigenvalue weighted by molar-refractivity contribution is -0.162. The van der Waals surface area contributed by atoms with E-state index < -0.39 is 17.7 Å². The number of anilines is 1. The summed E-state index contributed by atoms with van der Waals surface area (Å²) in [4.78, 5) is 29.0. The van der Waals surface area contributed by atoms with Gasteiger partial charge in [-0.15, -0.1) is 0 Å². The van der Waals surface area contributed by atoms with E-state index >= 15 is 0 Å². The fourth-order valence-electron chi connectivity index (χ4n) is 5.80. The lowest BCUT2D eigenvalue weighted by atomic mass is 9.77. The summed E-state index contributed by atoms with van der Waals surface area (Å²) < 4.78 is 6.55. The van der Waals surface area contributed by atoms with E-state index in [1.807, 2.05) is 62.1 Å². The van der Waals surface area contributed by atoms with E-state index in [0.29, 0.717) is 0 Å². The SMILES string of the molecule is Cc1ccc(NC(=O)[C@H]2[C@H]3NC(=O)N(C4CCCCC4)[C@@]2(C)Oc2ccccc23)c(C)c1. The highest BCUT2D eigenvalue weighted by Crippen LogP contribution is 2.50. The maximum Gasteiger partial charge on any atom is 0.321 e. The van der Waals surface area contributed by atoms with E-state index in [1.165, 1.54) is 6.42 Å². The molecule has 1 aliphatic carbocycles. The monoisotopic (exact) mass is 433 g/mol. The Balaban J connectivity index is 1.56. The predicted octanol–water partition coefficient (Wildman–Crippen LogP) is 5.07. The molecular formula is C26H31N3O3. The highest BCUT2D eigenvalue weighted by molar-refractivity contribution is 5.96. The Morgan fingerprint density at radius 1 is 1.12 bits per heavy atom. The number of benzene rings is 2. The van der Waals surface area contributed by atoms with Crippen LogP contribution >= 0.6 is 0 Å². The van der Waals surface area contributed by atoms with Gasteiger partial charge < -0.3 is 15.4 Å². The van der Waals surface area contributed by atoms with Gasteiger partial charge in [0.05, 0.1) is 6.04 Å². The van der Waals surface area contributed by atoms with Crippen LogP contribution in [0.3, 0.4) is 0 Å². The zero-order valence-electron chi connectivity index (χ0n) is 19.0. The molecule has 5 rings (SSSR count). The molecule has 2 aromatic rings. The van der Waals surface area contributed by atoms with Crippen LogP contribution in [0.15, 0.2) is 42.5 Å². The van der Waals surface area contributed by atoms with Gasteiger partial charge in [0.2, 0.25) is 5.91 Å². The van der Waals surface area contributed by atoms with Crippen LogP contribution in [-0.4, -0.2) is 28.6 Å². The fraction of sp³-hybridized carbons (Fsp3) is 0.462. The Bertz CT molecular complexity index is 1060. The molecule has 0 aromatic heterocycles. The van der Waals surface area contributed by atoms with Crippen molar-refractivity contribution in [1.82, 2.24) is 10.2 Å². The quantitative estimate of drug-likeness (QED) is 0.710. The second-order valence-electron chi connectivity index (χ2n) is 9.57. The molecule has 2 N–H and O–H groups in total. The number of aryl methyl sites for hydroxylation is 2. The van der Waals surface area contributed by atoms with Gasteiger partial charge in [-0.1, -0.05) is 55.2 Å². The van der Waals surface area contributed by atoms with Crippen molar-refractivity contribution in [1.29, 1.82) is 0 Å². The van der Waals surface area contributed by atoms with Gasteiger partial charge in [0.25, 0.3) is 0 Å². The van der Waals surface area contributed by atoms with Crippen molar-refractivity contribution < 1.29 is 14.3 Å². The summed E-state index contributed by atoms with van der Waals surface area (Å²) >= 11 is 0. The van der Waals surface area contributed by atoms with Crippen molar-refractivity contribution in [3.05, 3.63) is 59.2 Å². The molecular weight excluding hydrogens is 402 g/mol. The third-order valence-electron chi connectivity index (χ3n) is 7.32. The molecule has 1 saturated carbocycles. The zero-order chi connectivity index (χ0) is 22.5. The number of hydrogen-bond acceptors (Lipinski definition) is 3. The van der Waals surface area contributed by atoms with Gasteiger partial charge in [0.15, 0.2) is 5.72 Å². The van der Waals surface area contributed by atoms with Gasteiger partial charge in [-0.05, 0) is 51.3 Å². The molecule has 168 valence electrons. The number of amides is 3. The van der Waals surface area contributed by atoms with Gasteiger partial charge in [-0.25, -0.2) is 4.79 Å². The number of para-hydroxylation sites is 1. The Kier molecular flexibility index (Phi) is 5.11. The van der Waals surface area contributed by atoms with Crippen LogP contribution in [0.25, 0.3) is 0 Å². The summed E-state index contributed by atoms with van der Waals surface area (Å²) in [6, 6.07) is 13.2. The number of urea groups is 1. The van der Waals surface area contributed by atoms with Gasteiger partial charge in [0, 0.05) is 17.3 Å². The summed E-state index contributed by atoms with van der Waals surface area (Å²) in [5.41, 5.74) is 2.74. The van der Waals surface area contributed by atoms with Crippen molar-refractivity contribution in [3.63, 3.8) is 0 Å². The van der Waals surface area contributed by atoms with Gasteiger partial charge in [-0.2, -0.15) is 0 Å². The minimum absolute atomic E-state index is 0.0661. The molecule has 3 aliphatic rings. The van der Waals surface area contributed by atoms with Crippen LogP contribution in [0.5, 0.6) is 5.75 Å². The smallest absolute Gasteiger partial charge is 0.321 e. The molecule has 2 fully saturated rings. The third-order valence-corrected chi connectivity index (χ3v) is 7.32. The number of rotatable bonds is 3. The van der Waals surface area contributed by atoms with Crippen LogP contribution in [-0.2, 0) is 4.79 Å². The van der Waals surface area contributed by atoms with E-state index in [-0.39, 0.29) is 18.0 Å². The number of nitrogens with zero attached hydrogens (tertiary/aromatic N) is 1. The summed E-state index contributed by atoms with van der Waals surface area (Å²) in [6.45, 7) is 5.94.